The molecule has 0 spiro atoms. The number of aryl methyl sites for hydroxylation is 6. The molecule has 0 saturated heterocycles. The number of halogens is 7. The van der Waals surface area contributed by atoms with Gasteiger partial charge in [-0.3, -0.25) is 0 Å². The van der Waals surface area contributed by atoms with Crippen LogP contribution in [0.4, 0.5) is 13.2 Å². The van der Waals surface area contributed by atoms with E-state index in [0.717, 1.165) is 92.1 Å². The van der Waals surface area contributed by atoms with E-state index in [4.69, 9.17) is 69.8 Å². The molecule has 0 aliphatic heterocycles. The average molecular weight is 1350 g/mol. The molecule has 3 unspecified atom stereocenters. The fourth-order valence-corrected chi connectivity index (χ4v) is 13.1. The molecule has 0 aliphatic carbocycles. The summed E-state index contributed by atoms with van der Waals surface area (Å²) in [5.74, 6) is -1.91. The lowest BCUT2D eigenvalue weighted by Gasteiger charge is -2.43. The Hall–Kier alpha value is -6.16. The van der Waals surface area contributed by atoms with Gasteiger partial charge in [0.1, 0.15) is 11.5 Å². The third-order valence-electron chi connectivity index (χ3n) is 16.1. The van der Waals surface area contributed by atoms with E-state index in [9.17, 15) is 18.0 Å². The smallest absolute Gasteiger partial charge is 0.446 e. The van der Waals surface area contributed by atoms with E-state index in [1.165, 1.54) is 46.1 Å². The summed E-state index contributed by atoms with van der Waals surface area (Å²) >= 11 is 24.6. The molecule has 8 rings (SSSR count). The molecule has 8 nitrogen and oxygen atoms in total. The zero-order valence-electron chi connectivity index (χ0n) is 54.3. The van der Waals surface area contributed by atoms with Crippen LogP contribution >= 0.6 is 46.4 Å². The SMILES string of the molecule is COC(=O)C(CCc1cccc(C)c1)Oc1ccc(CCCN(C)CC(c2ccc(Cl)cc2)c2ccc(Cl)cc2)cc1.COC(O[Si](C)(C)C)(C(CCc1cccc(C)c1)Oc1ccc(CCCN(C)CC(c2ccc(Cl)cc2)c2ccc(Cl)cc2)cc1)C(F)(F)F. The molecule has 92 heavy (non-hydrogen) atoms. The van der Waals surface area contributed by atoms with Crippen molar-refractivity contribution >= 4 is 60.7 Å². The van der Waals surface area contributed by atoms with Crippen molar-refractivity contribution in [2.45, 2.75) is 121 Å². The number of likely N-dealkylation sites (N-methyl/N-ethyl adjacent to an activating group) is 2. The Balaban J connectivity index is 0.000000265. The highest BCUT2D eigenvalue weighted by Gasteiger charge is 2.64. The lowest BCUT2D eigenvalue weighted by atomic mass is 9.91. The molecule has 0 bridgehead atoms. The van der Waals surface area contributed by atoms with E-state index in [0.29, 0.717) is 34.4 Å². The van der Waals surface area contributed by atoms with Gasteiger partial charge >= 0.3 is 12.1 Å². The lowest BCUT2D eigenvalue weighted by Crippen LogP contribution is -2.63. The van der Waals surface area contributed by atoms with Crippen LogP contribution in [0, 0.1) is 13.8 Å². The number of hydrogen-bond acceptors (Lipinski definition) is 8. The molecule has 0 N–H and O–H groups in total. The molecular weight excluding hydrogens is 1260 g/mol. The molecular formula is C76H87Cl4F3N2O6Si. The maximum atomic E-state index is 14.9. The summed E-state index contributed by atoms with van der Waals surface area (Å²) < 4.78 is 73.0. The van der Waals surface area contributed by atoms with Gasteiger partial charge in [-0.1, -0.05) is 179 Å². The summed E-state index contributed by atoms with van der Waals surface area (Å²) in [6.45, 7) is 12.7. The zero-order valence-corrected chi connectivity index (χ0v) is 58.3. The van der Waals surface area contributed by atoms with Crippen LogP contribution in [0.1, 0.15) is 93.2 Å². The summed E-state index contributed by atoms with van der Waals surface area (Å²) in [6.07, 6.45) is -1.54. The summed E-state index contributed by atoms with van der Waals surface area (Å²) in [7, 11) is 3.97. The molecule has 0 heterocycles. The highest BCUT2D eigenvalue weighted by molar-refractivity contribution is 6.69. The standard InChI is InChI=1S/C40H48Cl2F3NO3Si.C36H39Cl2NO3/c1-29-9-7-10-31(27-29)14-25-38(39(47-3,40(43,44)45)49-50(4,5)6)48-36-23-12-30(13-24-36)11-8-26-46(2)28-37(32-15-19-34(41)20-16-32)33-17-21-35(42)22-18-33;1-26-6-4-7-28(24-26)11-22-35(36(40)41-3)42-33-20-9-27(10-21-33)8-5-23-39(2)25-34(29-12-16-31(37)17-13-29)30-14-18-32(38)19-15-30/h7,9-10,12-13,15-24,27,37-38H,8,11,14,25-26,28H2,1-6H3;4,6-7,9-10,12-21,24,34-35H,5,8,11,22-23,25H2,1-3H3. The normalized spacial score (nSPS) is 13.2. The number of carbonyl (C=O) groups excluding carboxylic acids is 1. The monoisotopic (exact) mass is 1350 g/mol. The minimum Gasteiger partial charge on any atom is -0.484 e. The third-order valence-corrected chi connectivity index (χ3v) is 18.0. The maximum Gasteiger partial charge on any atom is 0.446 e. The fourth-order valence-electron chi connectivity index (χ4n) is 11.4. The number of hydrogen-bond donors (Lipinski definition) is 0. The summed E-state index contributed by atoms with van der Waals surface area (Å²) in [4.78, 5) is 17.1. The Morgan fingerprint density at radius 2 is 0.859 bits per heavy atom. The van der Waals surface area contributed by atoms with Gasteiger partial charge in [-0.25, -0.2) is 4.79 Å². The van der Waals surface area contributed by atoms with Crippen LogP contribution in [-0.2, 0) is 44.4 Å². The van der Waals surface area contributed by atoms with Crippen molar-refractivity contribution in [3.05, 3.63) is 270 Å². The van der Waals surface area contributed by atoms with E-state index >= 15 is 0 Å². The van der Waals surface area contributed by atoms with Crippen molar-refractivity contribution in [1.29, 1.82) is 0 Å². The predicted molar refractivity (Wildman–Crippen MR) is 374 cm³/mol. The molecule has 8 aromatic carbocycles. The van der Waals surface area contributed by atoms with Crippen molar-refractivity contribution < 1.29 is 41.3 Å². The van der Waals surface area contributed by atoms with Crippen LogP contribution in [0.25, 0.3) is 0 Å². The average Bonchev–Trinajstić information content (AvgIpc) is 0.768. The zero-order chi connectivity index (χ0) is 66.4. The summed E-state index contributed by atoms with van der Waals surface area (Å²) in [5.41, 5.74) is 11.5. The Morgan fingerprint density at radius 1 is 0.489 bits per heavy atom. The number of alkyl halides is 3. The van der Waals surface area contributed by atoms with Crippen molar-refractivity contribution in [1.82, 2.24) is 9.80 Å². The van der Waals surface area contributed by atoms with Crippen LogP contribution < -0.4 is 9.47 Å². The van der Waals surface area contributed by atoms with Gasteiger partial charge in [0.2, 0.25) is 0 Å². The highest BCUT2D eigenvalue weighted by Crippen LogP contribution is 2.43. The molecule has 3 atom stereocenters. The molecule has 0 radical (unpaired) electrons. The van der Waals surface area contributed by atoms with Gasteiger partial charge in [0.05, 0.1) is 7.11 Å². The second kappa shape index (κ2) is 35.4. The first kappa shape index (κ1) is 73.3. The van der Waals surface area contributed by atoms with Crippen molar-refractivity contribution in [3.63, 3.8) is 0 Å². The van der Waals surface area contributed by atoms with Crippen LogP contribution in [0.15, 0.2) is 194 Å². The van der Waals surface area contributed by atoms with Crippen molar-refractivity contribution in [3.8, 4) is 11.5 Å². The van der Waals surface area contributed by atoms with Gasteiger partial charge < -0.3 is 33.2 Å². The third kappa shape index (κ3) is 23.1. The Kier molecular flexibility index (Phi) is 28.2. The largest absolute Gasteiger partial charge is 0.484 e. The molecule has 0 fully saturated rings. The molecule has 16 heteroatoms. The van der Waals surface area contributed by atoms with E-state index in [2.05, 4.69) is 110 Å². The first-order valence-electron chi connectivity index (χ1n) is 31.3. The number of carbonyl (C=O) groups is 1. The molecule has 8 aromatic rings. The highest BCUT2D eigenvalue weighted by atomic mass is 35.5. The summed E-state index contributed by atoms with van der Waals surface area (Å²) in [5, 5.41) is 2.87. The number of benzene rings is 8. The quantitative estimate of drug-likeness (QED) is 0.0242. The van der Waals surface area contributed by atoms with Crippen molar-refractivity contribution in [2.75, 3.05) is 54.5 Å². The van der Waals surface area contributed by atoms with Gasteiger partial charge in [-0.15, -0.1) is 0 Å². The maximum absolute atomic E-state index is 14.9. The van der Waals surface area contributed by atoms with Gasteiger partial charge in [0, 0.05) is 52.1 Å². The first-order chi connectivity index (χ1) is 43.9. The van der Waals surface area contributed by atoms with Crippen LogP contribution in [0.2, 0.25) is 39.7 Å². The number of esters is 1. The minimum atomic E-state index is -4.83. The fraction of sp³-hybridized carbons (Fsp3) is 0.355. The summed E-state index contributed by atoms with van der Waals surface area (Å²) in [6, 6.07) is 63.5. The van der Waals surface area contributed by atoms with Crippen molar-refractivity contribution in [2.24, 2.45) is 0 Å². The Bertz CT molecular complexity index is 3410. The molecule has 490 valence electrons. The minimum absolute atomic E-state index is 0.0441. The number of rotatable bonds is 31. The number of nitrogens with zero attached hydrogens (tertiary/aromatic N) is 2. The molecule has 0 aliphatic rings. The van der Waals surface area contributed by atoms with E-state index < -0.39 is 32.5 Å². The van der Waals surface area contributed by atoms with Gasteiger partial charge in [-0.2, -0.15) is 13.2 Å². The number of methoxy groups -OCH3 is 2. The Labute approximate surface area is 565 Å². The molecule has 0 saturated carbocycles. The Morgan fingerprint density at radius 3 is 1.20 bits per heavy atom. The van der Waals surface area contributed by atoms with Gasteiger partial charge in [-0.05, 0) is 229 Å². The van der Waals surface area contributed by atoms with Gasteiger partial charge in [0.15, 0.2) is 20.5 Å². The molecule has 0 aromatic heterocycles. The lowest BCUT2D eigenvalue weighted by molar-refractivity contribution is -0.374. The topological polar surface area (TPSA) is 69.7 Å². The van der Waals surface area contributed by atoms with Crippen LogP contribution in [0.5, 0.6) is 11.5 Å². The first-order valence-corrected chi connectivity index (χ1v) is 36.2. The second-order valence-corrected chi connectivity index (χ2v) is 30.9. The number of ether oxygens (including phenoxy) is 4. The second-order valence-electron chi connectivity index (χ2n) is 24.7. The predicted octanol–water partition coefficient (Wildman–Crippen LogP) is 19.7. The van der Waals surface area contributed by atoms with E-state index in [1.807, 2.05) is 110 Å². The van der Waals surface area contributed by atoms with Crippen LogP contribution in [0.3, 0.4) is 0 Å². The van der Waals surface area contributed by atoms with Crippen LogP contribution in [-0.4, -0.2) is 103 Å². The van der Waals surface area contributed by atoms with Gasteiger partial charge in [0.25, 0.3) is 5.79 Å². The van der Waals surface area contributed by atoms with E-state index in [1.54, 1.807) is 31.8 Å². The van der Waals surface area contributed by atoms with E-state index in [-0.39, 0.29) is 24.2 Å². The molecule has 0 amide bonds.